The Morgan fingerprint density at radius 1 is 1.05 bits per heavy atom. The van der Waals surface area contributed by atoms with E-state index in [0.29, 0.717) is 10.8 Å². The third-order valence-corrected chi connectivity index (χ3v) is 7.75. The van der Waals surface area contributed by atoms with Crippen LogP contribution in [0.3, 0.4) is 0 Å². The molecule has 2 aliphatic heterocycles. The Labute approximate surface area is 226 Å². The molecule has 0 amide bonds. The van der Waals surface area contributed by atoms with Gasteiger partial charge in [0.2, 0.25) is 0 Å². The molecule has 1 aromatic carbocycles. The lowest BCUT2D eigenvalue weighted by Gasteiger charge is -2.30. The van der Waals surface area contributed by atoms with E-state index in [2.05, 4.69) is 26.2 Å². The predicted molar refractivity (Wildman–Crippen MR) is 144 cm³/mol. The van der Waals surface area contributed by atoms with Crippen molar-refractivity contribution in [1.29, 1.82) is 0 Å². The van der Waals surface area contributed by atoms with Crippen LogP contribution in [0, 0.1) is 13.8 Å². The number of hydrogen-bond donors (Lipinski definition) is 1. The maximum Gasteiger partial charge on any atom is 0.416 e. The van der Waals surface area contributed by atoms with Crippen molar-refractivity contribution in [2.24, 2.45) is 0 Å². The Bertz CT molecular complexity index is 1270. The Hall–Kier alpha value is -2.95. The van der Waals surface area contributed by atoms with Crippen molar-refractivity contribution in [3.8, 4) is 5.69 Å². The summed E-state index contributed by atoms with van der Waals surface area (Å²) in [5.41, 5.74) is 3.47. The van der Waals surface area contributed by atoms with E-state index < -0.39 is 11.7 Å². The van der Waals surface area contributed by atoms with Gasteiger partial charge in [-0.25, -0.2) is 0 Å². The molecule has 2 atom stereocenters. The molecule has 0 aliphatic carbocycles. The minimum Gasteiger partial charge on any atom is -0.379 e. The van der Waals surface area contributed by atoms with Crippen molar-refractivity contribution in [2.75, 3.05) is 39.4 Å². The van der Waals surface area contributed by atoms with Crippen LogP contribution in [0.25, 0.3) is 5.69 Å². The van der Waals surface area contributed by atoms with Crippen LogP contribution in [0.15, 0.2) is 54.7 Å². The van der Waals surface area contributed by atoms with E-state index >= 15 is 0 Å². The third kappa shape index (κ3) is 5.43. The molecule has 2 aliphatic rings. The lowest BCUT2D eigenvalue weighted by molar-refractivity contribution is -0.137. The van der Waals surface area contributed by atoms with E-state index in [1.807, 2.05) is 36.6 Å². The largest absolute Gasteiger partial charge is 0.416 e. The minimum atomic E-state index is -4.41. The first-order valence-corrected chi connectivity index (χ1v) is 13.3. The number of hydrogen-bond acceptors (Lipinski definition) is 4. The van der Waals surface area contributed by atoms with E-state index in [-0.39, 0.29) is 12.1 Å². The number of nitrogens with one attached hydrogen (secondary N) is 1. The number of aromatic nitrogens is 2. The van der Waals surface area contributed by atoms with Crippen LogP contribution in [0.5, 0.6) is 0 Å². The SMILES string of the molecule is Cc1cc([C@H]2[C@@H](c3ccccn3)NC(=S)N2CCCN2CCOCC2)c(C)n1-c1cccc(C(F)(F)F)c1. The van der Waals surface area contributed by atoms with Crippen molar-refractivity contribution >= 4 is 17.3 Å². The average Bonchev–Trinajstić information content (AvgIpc) is 3.39. The van der Waals surface area contributed by atoms with Crippen LogP contribution < -0.4 is 5.32 Å². The van der Waals surface area contributed by atoms with Crippen LogP contribution in [0.4, 0.5) is 13.2 Å². The van der Waals surface area contributed by atoms with Gasteiger partial charge in [0.15, 0.2) is 5.11 Å². The second-order valence-electron chi connectivity index (χ2n) is 9.84. The fourth-order valence-corrected chi connectivity index (χ4v) is 5.91. The van der Waals surface area contributed by atoms with Gasteiger partial charge in [0, 0.05) is 49.5 Å². The number of morpholine rings is 1. The van der Waals surface area contributed by atoms with Gasteiger partial charge in [0.25, 0.3) is 0 Å². The first-order chi connectivity index (χ1) is 18.2. The molecule has 4 heterocycles. The zero-order valence-corrected chi connectivity index (χ0v) is 22.4. The molecule has 2 aromatic heterocycles. The monoisotopic (exact) mass is 543 g/mol. The lowest BCUT2D eigenvalue weighted by atomic mass is 9.96. The first kappa shape index (κ1) is 26.6. The molecule has 0 unspecified atom stereocenters. The Balaban J connectivity index is 1.49. The highest BCUT2D eigenvalue weighted by Crippen LogP contribution is 2.41. The van der Waals surface area contributed by atoms with Gasteiger partial charge in [-0.05, 0) is 74.4 Å². The van der Waals surface area contributed by atoms with Gasteiger partial charge in [-0.3, -0.25) is 9.88 Å². The number of aryl methyl sites for hydroxylation is 1. The maximum atomic E-state index is 13.5. The molecule has 2 fully saturated rings. The molecule has 38 heavy (non-hydrogen) atoms. The standard InChI is InChI=1S/C28H32F3N5OS/c1-19-17-23(20(2)36(19)22-8-5-7-21(18-22)28(29,30)31)26-25(24-9-3-4-10-32-24)33-27(38)35(26)12-6-11-34-13-15-37-16-14-34/h3-5,7-10,17-18,25-26H,6,11-16H2,1-2H3,(H,33,38)/t25-,26+/m1/s1. The van der Waals surface area contributed by atoms with Crippen molar-refractivity contribution < 1.29 is 17.9 Å². The molecule has 0 radical (unpaired) electrons. The number of thiocarbonyl (C=S) groups is 1. The number of ether oxygens (including phenoxy) is 1. The molecular weight excluding hydrogens is 511 g/mol. The van der Waals surface area contributed by atoms with E-state index in [9.17, 15) is 13.2 Å². The van der Waals surface area contributed by atoms with E-state index in [1.54, 1.807) is 12.3 Å². The van der Waals surface area contributed by atoms with Gasteiger partial charge in [-0.2, -0.15) is 13.2 Å². The first-order valence-electron chi connectivity index (χ1n) is 12.9. The molecular formula is C28H32F3N5OS. The fraction of sp³-hybridized carbons (Fsp3) is 0.429. The summed E-state index contributed by atoms with van der Waals surface area (Å²) < 4.78 is 47.8. The van der Waals surface area contributed by atoms with Crippen molar-refractivity contribution in [3.05, 3.63) is 82.9 Å². The topological polar surface area (TPSA) is 45.6 Å². The van der Waals surface area contributed by atoms with Crippen LogP contribution in [-0.4, -0.2) is 63.9 Å². The summed E-state index contributed by atoms with van der Waals surface area (Å²) in [5, 5.41) is 4.15. The summed E-state index contributed by atoms with van der Waals surface area (Å²) in [6.45, 7) is 8.98. The molecule has 2 saturated heterocycles. The van der Waals surface area contributed by atoms with Gasteiger partial charge in [0.1, 0.15) is 0 Å². The Morgan fingerprint density at radius 3 is 2.55 bits per heavy atom. The minimum absolute atomic E-state index is 0.146. The van der Waals surface area contributed by atoms with Gasteiger partial charge in [0.05, 0.1) is 36.6 Å². The summed E-state index contributed by atoms with van der Waals surface area (Å²) >= 11 is 5.82. The lowest BCUT2D eigenvalue weighted by Crippen LogP contribution is -2.39. The Morgan fingerprint density at radius 2 is 1.84 bits per heavy atom. The molecule has 10 heteroatoms. The zero-order valence-electron chi connectivity index (χ0n) is 21.5. The summed E-state index contributed by atoms with van der Waals surface area (Å²) in [6, 6.07) is 13.0. The average molecular weight is 544 g/mol. The molecule has 0 bridgehead atoms. The highest BCUT2D eigenvalue weighted by atomic mass is 32.1. The summed E-state index contributed by atoms with van der Waals surface area (Å²) in [4.78, 5) is 9.23. The molecule has 1 N–H and O–H groups in total. The van der Waals surface area contributed by atoms with Crippen LogP contribution >= 0.6 is 12.2 Å². The molecule has 202 valence electrons. The highest BCUT2D eigenvalue weighted by molar-refractivity contribution is 7.80. The smallest absolute Gasteiger partial charge is 0.379 e. The number of rotatable bonds is 7. The highest BCUT2D eigenvalue weighted by Gasteiger charge is 2.41. The number of alkyl halides is 3. The third-order valence-electron chi connectivity index (χ3n) is 7.40. The summed E-state index contributed by atoms with van der Waals surface area (Å²) in [7, 11) is 0. The van der Waals surface area contributed by atoms with Crippen molar-refractivity contribution in [3.63, 3.8) is 0 Å². The van der Waals surface area contributed by atoms with Crippen molar-refractivity contribution in [1.82, 2.24) is 24.7 Å². The molecule has 5 rings (SSSR count). The van der Waals surface area contributed by atoms with Crippen LogP contribution in [-0.2, 0) is 10.9 Å². The Kier molecular flexibility index (Phi) is 7.74. The number of benzene rings is 1. The predicted octanol–water partition coefficient (Wildman–Crippen LogP) is 5.20. The van der Waals surface area contributed by atoms with Crippen molar-refractivity contribution in [2.45, 2.75) is 38.5 Å². The van der Waals surface area contributed by atoms with E-state index in [4.69, 9.17) is 17.0 Å². The van der Waals surface area contributed by atoms with E-state index in [0.717, 1.165) is 74.5 Å². The number of pyridine rings is 1. The van der Waals surface area contributed by atoms with Gasteiger partial charge >= 0.3 is 6.18 Å². The summed E-state index contributed by atoms with van der Waals surface area (Å²) in [5.74, 6) is 0. The summed E-state index contributed by atoms with van der Waals surface area (Å²) in [6.07, 6.45) is -1.71. The molecule has 6 nitrogen and oxygen atoms in total. The number of halogens is 3. The second-order valence-corrected chi connectivity index (χ2v) is 10.2. The zero-order chi connectivity index (χ0) is 26.9. The molecule has 0 spiro atoms. The van der Waals surface area contributed by atoms with Gasteiger partial charge in [-0.15, -0.1) is 0 Å². The maximum absolute atomic E-state index is 13.5. The number of nitrogens with zero attached hydrogens (tertiary/aromatic N) is 4. The normalized spacial score (nSPS) is 20.7. The van der Waals surface area contributed by atoms with E-state index in [1.165, 1.54) is 12.1 Å². The quantitative estimate of drug-likeness (QED) is 0.414. The van der Waals surface area contributed by atoms with Gasteiger partial charge < -0.3 is 19.5 Å². The molecule has 0 saturated carbocycles. The van der Waals surface area contributed by atoms with Crippen LogP contribution in [0.1, 0.15) is 46.7 Å². The van der Waals surface area contributed by atoms with Gasteiger partial charge in [-0.1, -0.05) is 12.1 Å². The fourth-order valence-electron chi connectivity index (χ4n) is 5.58. The molecule has 3 aromatic rings. The van der Waals surface area contributed by atoms with Crippen LogP contribution in [0.2, 0.25) is 0 Å². The second kappa shape index (κ2) is 11.0.